The van der Waals surface area contributed by atoms with Gasteiger partial charge < -0.3 is 15.0 Å². The maximum Gasteiger partial charge on any atom is 0.234 e. The van der Waals surface area contributed by atoms with E-state index >= 15 is 0 Å². The van der Waals surface area contributed by atoms with Gasteiger partial charge in [0.25, 0.3) is 0 Å². The molecule has 3 aliphatic heterocycles. The topological polar surface area (TPSA) is 58.6 Å². The fourth-order valence-corrected chi connectivity index (χ4v) is 4.87. The monoisotopic (exact) mass is 382 g/mol. The van der Waals surface area contributed by atoms with Crippen LogP contribution in [0, 0.1) is 17.8 Å². The summed E-state index contributed by atoms with van der Waals surface area (Å²) in [4.78, 5) is 28.1. The molecule has 2 amide bonds. The first kappa shape index (κ1) is 19.2. The molecule has 1 N–H and O–H groups in total. The van der Waals surface area contributed by atoms with Crippen LogP contribution in [-0.2, 0) is 14.3 Å². The van der Waals surface area contributed by atoms with Crippen molar-refractivity contribution >= 4 is 17.5 Å². The lowest BCUT2D eigenvalue weighted by Gasteiger charge is -2.25. The minimum absolute atomic E-state index is 0.00865. The zero-order valence-corrected chi connectivity index (χ0v) is 16.9. The van der Waals surface area contributed by atoms with Crippen molar-refractivity contribution in [1.29, 1.82) is 0 Å². The van der Waals surface area contributed by atoms with Crippen LogP contribution in [0.15, 0.2) is 42.5 Å². The fourth-order valence-electron chi connectivity index (χ4n) is 4.87. The van der Waals surface area contributed by atoms with E-state index in [9.17, 15) is 9.59 Å². The third-order valence-corrected chi connectivity index (χ3v) is 6.28. The second-order valence-electron chi connectivity index (χ2n) is 8.89. The zero-order valence-electron chi connectivity index (χ0n) is 16.9. The molecule has 0 radical (unpaired) electrons. The molecule has 3 aliphatic rings. The van der Waals surface area contributed by atoms with E-state index in [2.05, 4.69) is 19.2 Å². The van der Waals surface area contributed by atoms with E-state index in [0.29, 0.717) is 12.5 Å². The van der Waals surface area contributed by atoms with Crippen LogP contribution < -0.4 is 10.2 Å². The van der Waals surface area contributed by atoms with Crippen molar-refractivity contribution < 1.29 is 14.3 Å². The second kappa shape index (κ2) is 7.36. The third-order valence-electron chi connectivity index (χ3n) is 6.28. The van der Waals surface area contributed by atoms with Gasteiger partial charge in [0.1, 0.15) is 5.60 Å². The Balaban J connectivity index is 1.47. The quantitative estimate of drug-likeness (QED) is 0.736. The molecule has 1 aromatic rings. The molecule has 0 aliphatic carbocycles. The van der Waals surface area contributed by atoms with Crippen molar-refractivity contribution in [2.75, 3.05) is 11.4 Å². The summed E-state index contributed by atoms with van der Waals surface area (Å²) >= 11 is 0. The van der Waals surface area contributed by atoms with Crippen molar-refractivity contribution in [1.82, 2.24) is 5.32 Å². The summed E-state index contributed by atoms with van der Waals surface area (Å²) in [6.07, 6.45) is 6.88. The van der Waals surface area contributed by atoms with Gasteiger partial charge in [-0.25, -0.2) is 0 Å². The number of anilines is 1. The Kier molecular flexibility index (Phi) is 5.04. The van der Waals surface area contributed by atoms with Crippen LogP contribution in [0.2, 0.25) is 0 Å². The zero-order chi connectivity index (χ0) is 19.9. The molecule has 2 saturated heterocycles. The van der Waals surface area contributed by atoms with Gasteiger partial charge in [-0.1, -0.05) is 57.0 Å². The number of hydrogen-bond acceptors (Lipinski definition) is 3. The molecule has 5 heteroatoms. The summed E-state index contributed by atoms with van der Waals surface area (Å²) in [5.41, 5.74) is 0.193. The Morgan fingerprint density at radius 1 is 1.25 bits per heavy atom. The molecular weight excluding hydrogens is 352 g/mol. The van der Waals surface area contributed by atoms with Gasteiger partial charge >= 0.3 is 0 Å². The molecule has 1 aromatic carbocycles. The van der Waals surface area contributed by atoms with Crippen LogP contribution in [-0.4, -0.2) is 36.1 Å². The first-order valence-corrected chi connectivity index (χ1v) is 10.5. The summed E-state index contributed by atoms with van der Waals surface area (Å²) in [6, 6.07) is 9.74. The molecule has 1 spiro atoms. The Morgan fingerprint density at radius 2 is 2.00 bits per heavy atom. The van der Waals surface area contributed by atoms with E-state index < -0.39 is 17.4 Å². The molecule has 28 heavy (non-hydrogen) atoms. The summed E-state index contributed by atoms with van der Waals surface area (Å²) < 4.78 is 6.20. The van der Waals surface area contributed by atoms with Crippen molar-refractivity contribution in [2.45, 2.75) is 57.8 Å². The maximum absolute atomic E-state index is 13.3. The van der Waals surface area contributed by atoms with Gasteiger partial charge in [-0.05, 0) is 31.4 Å². The van der Waals surface area contributed by atoms with Gasteiger partial charge in [-0.3, -0.25) is 9.59 Å². The summed E-state index contributed by atoms with van der Waals surface area (Å²) in [6.45, 7) is 6.95. The van der Waals surface area contributed by atoms with Gasteiger partial charge in [-0.15, -0.1) is 0 Å². The normalized spacial score (nSPS) is 31.5. The van der Waals surface area contributed by atoms with Crippen molar-refractivity contribution in [3.8, 4) is 0 Å². The number of nitrogens with zero attached hydrogens (tertiary/aromatic N) is 1. The third kappa shape index (κ3) is 3.26. The highest BCUT2D eigenvalue weighted by molar-refractivity contribution is 6.03. The van der Waals surface area contributed by atoms with E-state index in [-0.39, 0.29) is 24.0 Å². The molecule has 5 nitrogen and oxygen atoms in total. The number of rotatable bonds is 7. The number of ether oxygens (including phenoxy) is 1. The summed E-state index contributed by atoms with van der Waals surface area (Å²) in [5, 5.41) is 3.14. The number of carbonyl (C=O) groups excluding carboxylic acids is 2. The molecule has 2 fully saturated rings. The lowest BCUT2D eigenvalue weighted by atomic mass is 9.76. The van der Waals surface area contributed by atoms with Crippen molar-refractivity contribution in [3.05, 3.63) is 42.5 Å². The average molecular weight is 383 g/mol. The number of fused-ring (bicyclic) bond motifs is 1. The van der Waals surface area contributed by atoms with E-state index in [1.807, 2.05) is 49.4 Å². The Morgan fingerprint density at radius 3 is 2.71 bits per heavy atom. The predicted molar refractivity (Wildman–Crippen MR) is 109 cm³/mol. The molecule has 3 heterocycles. The van der Waals surface area contributed by atoms with Gasteiger partial charge in [0.2, 0.25) is 11.8 Å². The van der Waals surface area contributed by atoms with Gasteiger partial charge in [0, 0.05) is 11.7 Å². The molecule has 0 saturated carbocycles. The molecule has 0 aromatic heterocycles. The summed E-state index contributed by atoms with van der Waals surface area (Å²) in [5.74, 6) is -0.275. The number of carbonyl (C=O) groups is 2. The molecule has 150 valence electrons. The van der Waals surface area contributed by atoms with E-state index in [4.69, 9.17) is 4.74 Å². The van der Waals surface area contributed by atoms with Gasteiger partial charge in [0.05, 0.1) is 24.5 Å². The smallest absolute Gasteiger partial charge is 0.234 e. The highest BCUT2D eigenvalue weighted by Crippen LogP contribution is 2.52. The predicted octanol–water partition coefficient (Wildman–Crippen LogP) is 3.30. The van der Waals surface area contributed by atoms with E-state index in [0.717, 1.165) is 24.9 Å². The van der Waals surface area contributed by atoms with Crippen LogP contribution in [0.25, 0.3) is 0 Å². The van der Waals surface area contributed by atoms with Crippen LogP contribution >= 0.6 is 0 Å². The number of hydrogen-bond donors (Lipinski definition) is 1. The lowest BCUT2D eigenvalue weighted by molar-refractivity contribution is -0.132. The summed E-state index contributed by atoms with van der Waals surface area (Å²) in [7, 11) is 0. The highest BCUT2D eigenvalue weighted by Gasteiger charge is 2.67. The molecule has 5 unspecified atom stereocenters. The average Bonchev–Trinajstić information content (AvgIpc) is 3.30. The van der Waals surface area contributed by atoms with Crippen LogP contribution in [0.5, 0.6) is 0 Å². The van der Waals surface area contributed by atoms with Gasteiger partial charge in [0.15, 0.2) is 0 Å². The number of benzene rings is 1. The Hall–Kier alpha value is -2.14. The maximum atomic E-state index is 13.3. The number of para-hydroxylation sites is 1. The second-order valence-corrected chi connectivity index (χ2v) is 8.89. The first-order chi connectivity index (χ1) is 13.4. The molecule has 2 bridgehead atoms. The molecular formula is C23H30N2O3. The lowest BCUT2D eigenvalue weighted by Crippen LogP contribution is -2.46. The number of amides is 2. The Bertz CT molecular complexity index is 775. The number of nitrogens with one attached hydrogen (secondary N) is 1. The van der Waals surface area contributed by atoms with Crippen molar-refractivity contribution in [2.24, 2.45) is 17.8 Å². The van der Waals surface area contributed by atoms with Crippen molar-refractivity contribution in [3.63, 3.8) is 0 Å². The van der Waals surface area contributed by atoms with Crippen LogP contribution in [0.4, 0.5) is 5.69 Å². The standard InChI is InChI=1S/C23H30N2O3/c1-15(2)8-7-9-16(3)24-21(26)19-18-12-13-23(28-18)14-25(22(27)20(19)23)17-10-5-4-6-11-17/h4-6,10-13,15-16,18-20H,7-9,14H2,1-3H3,(H,24,26). The highest BCUT2D eigenvalue weighted by atomic mass is 16.5. The SMILES string of the molecule is CC(C)CCCC(C)NC(=O)C1C2C=CC3(CN(c4ccccc4)C(=O)C13)O2. The largest absolute Gasteiger partial charge is 0.360 e. The van der Waals surface area contributed by atoms with E-state index in [1.54, 1.807) is 4.90 Å². The fraction of sp³-hybridized carbons (Fsp3) is 0.565. The van der Waals surface area contributed by atoms with E-state index in [1.165, 1.54) is 0 Å². The van der Waals surface area contributed by atoms with Crippen LogP contribution in [0.1, 0.15) is 40.0 Å². The molecule has 5 atom stereocenters. The minimum atomic E-state index is -0.666. The Labute approximate surface area is 167 Å². The van der Waals surface area contributed by atoms with Gasteiger partial charge in [-0.2, -0.15) is 0 Å². The molecule has 4 rings (SSSR count). The first-order valence-electron chi connectivity index (χ1n) is 10.5. The minimum Gasteiger partial charge on any atom is -0.360 e. The van der Waals surface area contributed by atoms with Crippen LogP contribution in [0.3, 0.4) is 0 Å².